The fourth-order valence-corrected chi connectivity index (χ4v) is 3.59. The molecule has 1 aromatic carbocycles. The van der Waals surface area contributed by atoms with E-state index in [4.69, 9.17) is 0 Å². The van der Waals surface area contributed by atoms with E-state index in [0.717, 1.165) is 50.3 Å². The molecular weight excluding hydrogens is 344 g/mol. The molecule has 0 saturated heterocycles. The minimum atomic E-state index is 0.969. The molecular formula is C24H26N4. The lowest BCUT2D eigenvalue weighted by atomic mass is 10.1. The quantitative estimate of drug-likeness (QED) is 0.478. The van der Waals surface area contributed by atoms with Crippen molar-refractivity contribution in [1.29, 1.82) is 0 Å². The number of fused-ring (bicyclic) bond motifs is 1. The number of nitrogens with zero attached hydrogens (tertiary/aromatic N) is 3. The SMILES string of the molecule is c1ccc(CCN(CCc2ccccn2)CCc2c[nH]c3ccccc23)nc1. The Morgan fingerprint density at radius 1 is 0.679 bits per heavy atom. The number of nitrogens with one attached hydrogen (secondary N) is 1. The first-order valence-corrected chi connectivity index (χ1v) is 9.96. The van der Waals surface area contributed by atoms with Crippen molar-refractivity contribution in [3.8, 4) is 0 Å². The van der Waals surface area contributed by atoms with Crippen molar-refractivity contribution in [2.75, 3.05) is 19.6 Å². The number of hydrogen-bond donors (Lipinski definition) is 1. The van der Waals surface area contributed by atoms with Crippen LogP contribution in [0.2, 0.25) is 0 Å². The standard InChI is InChI=1S/C24H26N4/c1-2-10-24-23(9-1)20(19-27-24)11-16-28(17-12-21-7-3-5-14-25-21)18-13-22-8-4-6-15-26-22/h1-10,14-15,19,27H,11-13,16-18H2. The van der Waals surface area contributed by atoms with Crippen LogP contribution in [0.1, 0.15) is 17.0 Å². The van der Waals surface area contributed by atoms with Crippen LogP contribution < -0.4 is 0 Å². The van der Waals surface area contributed by atoms with Gasteiger partial charge in [0.1, 0.15) is 0 Å². The molecule has 1 N–H and O–H groups in total. The number of H-pyrrole nitrogens is 1. The number of hydrogen-bond acceptors (Lipinski definition) is 3. The van der Waals surface area contributed by atoms with Gasteiger partial charge in [-0.25, -0.2) is 0 Å². The van der Waals surface area contributed by atoms with Crippen molar-refractivity contribution in [1.82, 2.24) is 19.9 Å². The highest BCUT2D eigenvalue weighted by molar-refractivity contribution is 5.83. The van der Waals surface area contributed by atoms with Crippen molar-refractivity contribution < 1.29 is 0 Å². The molecule has 0 spiro atoms. The Kier molecular flexibility index (Phi) is 6.10. The molecule has 0 aliphatic rings. The lowest BCUT2D eigenvalue weighted by Gasteiger charge is -2.22. The first kappa shape index (κ1) is 18.4. The van der Waals surface area contributed by atoms with Crippen LogP contribution in [0, 0.1) is 0 Å². The normalized spacial score (nSPS) is 11.3. The number of aromatic amines is 1. The molecule has 3 heterocycles. The zero-order valence-electron chi connectivity index (χ0n) is 16.1. The maximum atomic E-state index is 4.48. The third-order valence-corrected chi connectivity index (χ3v) is 5.19. The summed E-state index contributed by atoms with van der Waals surface area (Å²) in [6.45, 7) is 3.04. The Morgan fingerprint density at radius 3 is 1.93 bits per heavy atom. The molecule has 0 bridgehead atoms. The summed E-state index contributed by atoms with van der Waals surface area (Å²) in [5, 5.41) is 1.33. The van der Waals surface area contributed by atoms with Gasteiger partial charge in [0.05, 0.1) is 0 Å². The zero-order chi connectivity index (χ0) is 19.0. The van der Waals surface area contributed by atoms with Gasteiger partial charge in [-0.1, -0.05) is 30.3 Å². The predicted octanol–water partition coefficient (Wildman–Crippen LogP) is 4.29. The number of benzene rings is 1. The summed E-state index contributed by atoms with van der Waals surface area (Å²) in [6, 6.07) is 20.8. The van der Waals surface area contributed by atoms with Gasteiger partial charge >= 0.3 is 0 Å². The predicted molar refractivity (Wildman–Crippen MR) is 114 cm³/mol. The lowest BCUT2D eigenvalue weighted by molar-refractivity contribution is 0.282. The van der Waals surface area contributed by atoms with Gasteiger partial charge in [-0.2, -0.15) is 0 Å². The highest BCUT2D eigenvalue weighted by Gasteiger charge is 2.09. The van der Waals surface area contributed by atoms with Gasteiger partial charge in [0.15, 0.2) is 0 Å². The molecule has 142 valence electrons. The number of para-hydroxylation sites is 1. The largest absolute Gasteiger partial charge is 0.361 e. The maximum absolute atomic E-state index is 4.48. The van der Waals surface area contributed by atoms with Gasteiger partial charge < -0.3 is 9.88 Å². The minimum Gasteiger partial charge on any atom is -0.361 e. The monoisotopic (exact) mass is 370 g/mol. The van der Waals surface area contributed by atoms with Crippen molar-refractivity contribution in [2.45, 2.75) is 19.3 Å². The summed E-state index contributed by atoms with van der Waals surface area (Å²) < 4.78 is 0. The first-order valence-electron chi connectivity index (χ1n) is 9.96. The molecule has 3 aromatic heterocycles. The molecule has 0 saturated carbocycles. The Morgan fingerprint density at radius 2 is 1.29 bits per heavy atom. The highest BCUT2D eigenvalue weighted by Crippen LogP contribution is 2.18. The molecule has 0 radical (unpaired) electrons. The van der Waals surface area contributed by atoms with Gasteiger partial charge in [0, 0.05) is 73.4 Å². The fourth-order valence-electron chi connectivity index (χ4n) is 3.59. The van der Waals surface area contributed by atoms with Crippen molar-refractivity contribution in [3.05, 3.63) is 96.2 Å². The van der Waals surface area contributed by atoms with Gasteiger partial charge in [0.25, 0.3) is 0 Å². The van der Waals surface area contributed by atoms with Gasteiger partial charge in [-0.15, -0.1) is 0 Å². The Bertz CT molecular complexity index is 936. The zero-order valence-corrected chi connectivity index (χ0v) is 16.1. The van der Waals surface area contributed by atoms with E-state index in [1.54, 1.807) is 0 Å². The Hall–Kier alpha value is -2.98. The topological polar surface area (TPSA) is 44.8 Å². The van der Waals surface area contributed by atoms with E-state index in [-0.39, 0.29) is 0 Å². The highest BCUT2D eigenvalue weighted by atomic mass is 15.1. The molecule has 0 aliphatic heterocycles. The average Bonchev–Trinajstić information content (AvgIpc) is 3.18. The third kappa shape index (κ3) is 4.84. The number of pyridine rings is 2. The van der Waals surface area contributed by atoms with E-state index in [9.17, 15) is 0 Å². The van der Waals surface area contributed by atoms with Gasteiger partial charge in [0.2, 0.25) is 0 Å². The van der Waals surface area contributed by atoms with Gasteiger partial charge in [-0.3, -0.25) is 9.97 Å². The summed E-state index contributed by atoms with van der Waals surface area (Å²) in [5.74, 6) is 0. The van der Waals surface area contributed by atoms with Crippen LogP contribution in [0.4, 0.5) is 0 Å². The molecule has 28 heavy (non-hydrogen) atoms. The molecule has 0 atom stereocenters. The fraction of sp³-hybridized carbons (Fsp3) is 0.250. The summed E-state index contributed by atoms with van der Waals surface area (Å²) in [4.78, 5) is 14.9. The Labute approximate surface area is 166 Å². The first-order chi connectivity index (χ1) is 13.9. The van der Waals surface area contributed by atoms with E-state index in [0.29, 0.717) is 0 Å². The minimum absolute atomic E-state index is 0.969. The molecule has 4 aromatic rings. The average molecular weight is 371 g/mol. The van der Waals surface area contributed by atoms with Crippen LogP contribution in [0.15, 0.2) is 79.3 Å². The van der Waals surface area contributed by atoms with Crippen LogP contribution in [0.25, 0.3) is 10.9 Å². The van der Waals surface area contributed by atoms with Crippen molar-refractivity contribution in [3.63, 3.8) is 0 Å². The summed E-state index contributed by atoms with van der Waals surface area (Å²) in [5.41, 5.74) is 4.90. The van der Waals surface area contributed by atoms with Crippen LogP contribution in [-0.4, -0.2) is 39.5 Å². The molecule has 0 aliphatic carbocycles. The molecule has 4 heteroatoms. The lowest BCUT2D eigenvalue weighted by Crippen LogP contribution is -2.31. The van der Waals surface area contributed by atoms with Crippen molar-refractivity contribution >= 4 is 10.9 Å². The molecule has 0 amide bonds. The van der Waals surface area contributed by atoms with Gasteiger partial charge in [-0.05, 0) is 42.3 Å². The van der Waals surface area contributed by atoms with E-state index in [1.165, 1.54) is 16.5 Å². The number of aromatic nitrogens is 3. The second-order valence-electron chi connectivity index (χ2n) is 7.09. The second-order valence-corrected chi connectivity index (χ2v) is 7.09. The third-order valence-electron chi connectivity index (χ3n) is 5.19. The Balaban J connectivity index is 1.40. The second kappa shape index (κ2) is 9.29. The number of rotatable bonds is 9. The van der Waals surface area contributed by atoms with E-state index in [1.807, 2.05) is 24.5 Å². The molecule has 4 rings (SSSR count). The van der Waals surface area contributed by atoms with Crippen LogP contribution >= 0.6 is 0 Å². The summed E-state index contributed by atoms with van der Waals surface area (Å²) in [7, 11) is 0. The van der Waals surface area contributed by atoms with Crippen LogP contribution in [0.5, 0.6) is 0 Å². The summed E-state index contributed by atoms with van der Waals surface area (Å²) in [6.07, 6.45) is 8.88. The van der Waals surface area contributed by atoms with E-state index in [2.05, 4.69) is 74.6 Å². The van der Waals surface area contributed by atoms with Crippen molar-refractivity contribution in [2.24, 2.45) is 0 Å². The van der Waals surface area contributed by atoms with E-state index >= 15 is 0 Å². The van der Waals surface area contributed by atoms with E-state index < -0.39 is 0 Å². The smallest absolute Gasteiger partial charge is 0.0456 e. The van der Waals surface area contributed by atoms with Crippen LogP contribution in [0.3, 0.4) is 0 Å². The summed E-state index contributed by atoms with van der Waals surface area (Å²) >= 11 is 0. The van der Waals surface area contributed by atoms with Crippen LogP contribution in [-0.2, 0) is 19.3 Å². The molecule has 4 nitrogen and oxygen atoms in total. The molecule has 0 fully saturated rings. The molecule has 0 unspecified atom stereocenters. The maximum Gasteiger partial charge on any atom is 0.0456 e.